The molecule has 2 aliphatic heterocycles. The topological polar surface area (TPSA) is 61.8 Å². The predicted molar refractivity (Wildman–Crippen MR) is 83.3 cm³/mol. The summed E-state index contributed by atoms with van der Waals surface area (Å²) >= 11 is 0.892. The van der Waals surface area contributed by atoms with Crippen LogP contribution in [0.5, 0.6) is 0 Å². The van der Waals surface area contributed by atoms with E-state index in [4.69, 9.17) is 0 Å². The monoisotopic (exact) mass is 355 g/mol. The number of amides is 2. The Hall–Kier alpha value is -2.29. The van der Waals surface area contributed by atoms with Crippen LogP contribution in [0, 0.1) is 6.92 Å². The molecular weight excluding hydrogens is 343 g/mol. The minimum Gasteiger partial charge on any atom is -0.312 e. The van der Waals surface area contributed by atoms with Crippen LogP contribution in [-0.4, -0.2) is 40.3 Å². The lowest BCUT2D eigenvalue weighted by Crippen LogP contribution is -2.63. The fourth-order valence-electron chi connectivity index (χ4n) is 2.37. The number of carbonyl (C=O) groups excluding carboxylic acids is 2. The number of aliphatic imine (C=N–C) groups is 1. The molecule has 0 radical (unpaired) electrons. The summed E-state index contributed by atoms with van der Waals surface area (Å²) in [6.45, 7) is 5.34. The molecule has 2 heterocycles. The van der Waals surface area contributed by atoms with Crippen LogP contribution in [0.4, 0.5) is 13.2 Å². The number of hydrogen-bond acceptors (Lipinski definition) is 4. The first-order valence-corrected chi connectivity index (χ1v) is 7.69. The zero-order valence-corrected chi connectivity index (χ0v) is 13.3. The van der Waals surface area contributed by atoms with Gasteiger partial charge in [-0.15, -0.1) is 0 Å². The fraction of sp³-hybridized carbons (Fsp3) is 0.267. The van der Waals surface area contributed by atoms with E-state index in [9.17, 15) is 22.8 Å². The van der Waals surface area contributed by atoms with Gasteiger partial charge >= 0.3 is 11.8 Å². The van der Waals surface area contributed by atoms with Crippen LogP contribution < -0.4 is 5.32 Å². The van der Waals surface area contributed by atoms with Crippen molar-refractivity contribution in [3.8, 4) is 0 Å². The molecule has 0 aliphatic carbocycles. The highest BCUT2D eigenvalue weighted by molar-refractivity contribution is 8.17. The number of nitrogens with one attached hydrogen (secondary N) is 1. The van der Waals surface area contributed by atoms with Gasteiger partial charge in [-0.1, -0.05) is 36.0 Å². The maximum absolute atomic E-state index is 13.6. The van der Waals surface area contributed by atoms with E-state index in [0.717, 1.165) is 22.2 Å². The molecule has 126 valence electrons. The van der Waals surface area contributed by atoms with Crippen molar-refractivity contribution in [2.24, 2.45) is 4.99 Å². The van der Waals surface area contributed by atoms with Crippen LogP contribution in [0.25, 0.3) is 0 Å². The summed E-state index contributed by atoms with van der Waals surface area (Å²) in [7, 11) is 0. The van der Waals surface area contributed by atoms with Crippen LogP contribution >= 0.6 is 11.8 Å². The number of benzene rings is 1. The van der Waals surface area contributed by atoms with Crippen molar-refractivity contribution in [2.75, 3.05) is 6.54 Å². The van der Waals surface area contributed by atoms with Gasteiger partial charge in [0.1, 0.15) is 0 Å². The average Bonchev–Trinajstić information content (AvgIpc) is 2.96. The molecule has 1 aromatic rings. The Morgan fingerprint density at radius 3 is 2.54 bits per heavy atom. The smallest absolute Gasteiger partial charge is 0.312 e. The minimum atomic E-state index is -5.07. The molecule has 0 unspecified atom stereocenters. The van der Waals surface area contributed by atoms with Gasteiger partial charge in [0.05, 0.1) is 6.54 Å². The van der Waals surface area contributed by atoms with Gasteiger partial charge in [0.25, 0.3) is 11.8 Å². The number of fused-ring (bicyclic) bond motifs is 1. The fourth-order valence-corrected chi connectivity index (χ4v) is 3.26. The van der Waals surface area contributed by atoms with Crippen LogP contribution in [0.3, 0.4) is 0 Å². The molecule has 0 aromatic heterocycles. The first kappa shape index (κ1) is 16.6. The SMILES string of the molecule is C=C1CN2C(=O)[C@](NC(=O)c3ccc(C)cc3)(C(F)(F)F)N=C2S1. The minimum absolute atomic E-state index is 0.0151. The Morgan fingerprint density at radius 1 is 1.38 bits per heavy atom. The predicted octanol–water partition coefficient (Wildman–Crippen LogP) is 2.44. The Balaban J connectivity index is 1.97. The van der Waals surface area contributed by atoms with Crippen molar-refractivity contribution >= 4 is 28.7 Å². The molecule has 1 N–H and O–H groups in total. The van der Waals surface area contributed by atoms with Gasteiger partial charge in [-0.3, -0.25) is 14.5 Å². The second-order valence-electron chi connectivity index (χ2n) is 5.45. The molecular formula is C15H12F3N3O2S. The van der Waals surface area contributed by atoms with Crippen LogP contribution in [0.15, 0.2) is 40.7 Å². The van der Waals surface area contributed by atoms with Crippen molar-refractivity contribution in [2.45, 2.75) is 18.8 Å². The maximum atomic E-state index is 13.6. The van der Waals surface area contributed by atoms with E-state index in [1.54, 1.807) is 24.4 Å². The van der Waals surface area contributed by atoms with Crippen molar-refractivity contribution in [3.05, 3.63) is 46.9 Å². The molecule has 3 rings (SSSR count). The highest BCUT2D eigenvalue weighted by Crippen LogP contribution is 2.43. The first-order chi connectivity index (χ1) is 11.1. The molecule has 5 nitrogen and oxygen atoms in total. The van der Waals surface area contributed by atoms with Gasteiger partial charge < -0.3 is 5.32 Å². The molecule has 24 heavy (non-hydrogen) atoms. The summed E-state index contributed by atoms with van der Waals surface area (Å²) in [5.41, 5.74) is -2.43. The molecule has 1 aromatic carbocycles. The largest absolute Gasteiger partial charge is 0.442 e. The summed E-state index contributed by atoms with van der Waals surface area (Å²) in [6, 6.07) is 5.96. The van der Waals surface area contributed by atoms with E-state index in [1.807, 2.05) is 0 Å². The van der Waals surface area contributed by atoms with Crippen molar-refractivity contribution in [1.29, 1.82) is 0 Å². The van der Waals surface area contributed by atoms with Gasteiger partial charge in [-0.25, -0.2) is 4.99 Å². The third kappa shape index (κ3) is 2.48. The summed E-state index contributed by atoms with van der Waals surface area (Å²) in [5.74, 6) is -2.34. The summed E-state index contributed by atoms with van der Waals surface area (Å²) in [6.07, 6.45) is -5.07. The third-order valence-electron chi connectivity index (χ3n) is 3.64. The molecule has 0 bridgehead atoms. The second-order valence-corrected chi connectivity index (χ2v) is 6.60. The van der Waals surface area contributed by atoms with E-state index < -0.39 is 23.7 Å². The Labute approximate surface area is 139 Å². The molecule has 2 amide bonds. The van der Waals surface area contributed by atoms with E-state index in [-0.39, 0.29) is 17.3 Å². The number of aryl methyl sites for hydroxylation is 1. The molecule has 2 aliphatic rings. The van der Waals surface area contributed by atoms with E-state index in [2.05, 4.69) is 11.6 Å². The van der Waals surface area contributed by atoms with Gasteiger partial charge in [0.15, 0.2) is 5.17 Å². The number of nitrogens with zero attached hydrogens (tertiary/aromatic N) is 2. The summed E-state index contributed by atoms with van der Waals surface area (Å²) < 4.78 is 40.8. The standard InChI is InChI=1S/C15H12F3N3O2S/c1-8-3-5-10(6-4-8)11(22)19-14(15(16,17)18)12(23)21-7-9(2)24-13(21)20-14/h3-6H,2,7H2,1H3,(H,19,22)/t14-/m1/s1. The lowest BCUT2D eigenvalue weighted by atomic mass is 10.1. The molecule has 0 spiro atoms. The number of carbonyl (C=O) groups is 2. The number of thioether (sulfide) groups is 1. The number of halogens is 3. The number of amidine groups is 1. The third-order valence-corrected chi connectivity index (χ3v) is 4.55. The highest BCUT2D eigenvalue weighted by Gasteiger charge is 2.68. The number of alkyl halides is 3. The Bertz CT molecular complexity index is 773. The Kier molecular flexibility index (Phi) is 3.71. The van der Waals surface area contributed by atoms with Crippen molar-refractivity contribution < 1.29 is 22.8 Å². The van der Waals surface area contributed by atoms with Gasteiger partial charge in [0.2, 0.25) is 0 Å². The molecule has 1 saturated heterocycles. The Morgan fingerprint density at radius 2 is 2.00 bits per heavy atom. The highest BCUT2D eigenvalue weighted by atomic mass is 32.2. The normalized spacial score (nSPS) is 23.3. The molecule has 9 heteroatoms. The van der Waals surface area contributed by atoms with Crippen LogP contribution in [0.1, 0.15) is 15.9 Å². The number of hydrogen-bond donors (Lipinski definition) is 1. The van der Waals surface area contributed by atoms with E-state index in [1.165, 1.54) is 12.1 Å². The molecule has 1 fully saturated rings. The van der Waals surface area contributed by atoms with Crippen molar-refractivity contribution in [3.63, 3.8) is 0 Å². The zero-order chi connectivity index (χ0) is 17.7. The maximum Gasteiger partial charge on any atom is 0.442 e. The average molecular weight is 355 g/mol. The van der Waals surface area contributed by atoms with Crippen LogP contribution in [0.2, 0.25) is 0 Å². The number of rotatable bonds is 2. The van der Waals surface area contributed by atoms with E-state index in [0.29, 0.717) is 4.91 Å². The quantitative estimate of drug-likeness (QED) is 0.886. The molecule has 1 atom stereocenters. The van der Waals surface area contributed by atoms with Gasteiger partial charge in [-0.2, -0.15) is 13.2 Å². The van der Waals surface area contributed by atoms with Gasteiger partial charge in [0, 0.05) is 10.5 Å². The molecule has 0 saturated carbocycles. The lowest BCUT2D eigenvalue weighted by molar-refractivity contribution is -0.196. The van der Waals surface area contributed by atoms with Crippen molar-refractivity contribution in [1.82, 2.24) is 10.2 Å². The first-order valence-electron chi connectivity index (χ1n) is 6.87. The lowest BCUT2D eigenvalue weighted by Gasteiger charge is -2.28. The van der Waals surface area contributed by atoms with Crippen LogP contribution in [-0.2, 0) is 4.79 Å². The summed E-state index contributed by atoms with van der Waals surface area (Å²) in [5, 5.41) is 1.67. The zero-order valence-electron chi connectivity index (χ0n) is 12.5. The summed E-state index contributed by atoms with van der Waals surface area (Å²) in [4.78, 5) is 29.5. The second kappa shape index (κ2) is 5.37. The van der Waals surface area contributed by atoms with E-state index >= 15 is 0 Å². The van der Waals surface area contributed by atoms with Gasteiger partial charge in [-0.05, 0) is 19.1 Å².